The van der Waals surface area contributed by atoms with Gasteiger partial charge in [-0.3, -0.25) is 0 Å². The number of thiophene rings is 1. The molecule has 0 fully saturated rings. The van der Waals surface area contributed by atoms with E-state index in [0.29, 0.717) is 0 Å². The lowest BCUT2D eigenvalue weighted by atomic mass is 9.88. The van der Waals surface area contributed by atoms with Crippen molar-refractivity contribution in [2.75, 3.05) is 13.6 Å². The van der Waals surface area contributed by atoms with Crippen LogP contribution in [0, 0.1) is 0 Å². The average molecular weight is 297 g/mol. The third-order valence-electron chi connectivity index (χ3n) is 2.31. The molecule has 0 aliphatic carbocycles. The third-order valence-corrected chi connectivity index (χ3v) is 5.15. The highest BCUT2D eigenvalue weighted by Crippen LogP contribution is 2.39. The van der Waals surface area contributed by atoms with Crippen LogP contribution in [0.25, 0.3) is 0 Å². The Morgan fingerprint density at radius 2 is 2.21 bits per heavy atom. The first-order chi connectivity index (χ1) is 6.47. The Bertz CT molecular complexity index is 290. The minimum atomic E-state index is 0.198. The molecule has 0 spiro atoms. The minimum Gasteiger partial charge on any atom is -0.320 e. The number of hydrogen-bond donors (Lipinski definition) is 1. The summed E-state index contributed by atoms with van der Waals surface area (Å²) in [7, 11) is 1.98. The Morgan fingerprint density at radius 1 is 1.57 bits per heavy atom. The molecule has 1 aromatic heterocycles. The predicted molar refractivity (Wildman–Crippen MR) is 68.6 cm³/mol. The summed E-state index contributed by atoms with van der Waals surface area (Å²) in [6.07, 6.45) is 1.12. The maximum absolute atomic E-state index is 6.03. The molecule has 0 aromatic carbocycles. The molecular weight excluding hydrogens is 282 g/mol. The van der Waals surface area contributed by atoms with E-state index in [-0.39, 0.29) is 5.41 Å². The lowest BCUT2D eigenvalue weighted by Crippen LogP contribution is -2.22. The van der Waals surface area contributed by atoms with Crippen molar-refractivity contribution in [2.24, 2.45) is 0 Å². The molecular formula is C10H15BrClNS. The van der Waals surface area contributed by atoms with Gasteiger partial charge >= 0.3 is 0 Å². The maximum atomic E-state index is 6.03. The molecule has 1 aromatic rings. The highest BCUT2D eigenvalue weighted by atomic mass is 79.9. The van der Waals surface area contributed by atoms with Gasteiger partial charge < -0.3 is 5.32 Å². The van der Waals surface area contributed by atoms with E-state index < -0.39 is 0 Å². The fourth-order valence-electron chi connectivity index (χ4n) is 1.24. The smallest absolute Gasteiger partial charge is 0.107 e. The van der Waals surface area contributed by atoms with Crippen molar-refractivity contribution < 1.29 is 0 Å². The van der Waals surface area contributed by atoms with E-state index >= 15 is 0 Å². The molecule has 80 valence electrons. The SMILES string of the molecule is CNCCC(C)(C)c1cc(Br)c(Cl)s1. The molecule has 0 amide bonds. The molecule has 1 rings (SSSR count). The Labute approximate surface area is 103 Å². The molecule has 0 aliphatic heterocycles. The van der Waals surface area contributed by atoms with E-state index in [0.717, 1.165) is 21.8 Å². The lowest BCUT2D eigenvalue weighted by Gasteiger charge is -2.22. The van der Waals surface area contributed by atoms with Crippen LogP contribution in [-0.4, -0.2) is 13.6 Å². The van der Waals surface area contributed by atoms with Crippen LogP contribution in [-0.2, 0) is 5.41 Å². The lowest BCUT2D eigenvalue weighted by molar-refractivity contribution is 0.477. The Balaban J connectivity index is 2.80. The minimum absolute atomic E-state index is 0.198. The first-order valence-corrected chi connectivity index (χ1v) is 6.56. The van der Waals surface area contributed by atoms with Crippen LogP contribution in [0.4, 0.5) is 0 Å². The average Bonchev–Trinajstić information content (AvgIpc) is 2.45. The van der Waals surface area contributed by atoms with Gasteiger partial charge in [-0.2, -0.15) is 0 Å². The zero-order valence-electron chi connectivity index (χ0n) is 8.66. The van der Waals surface area contributed by atoms with Crippen LogP contribution in [0.5, 0.6) is 0 Å². The molecule has 1 nitrogen and oxygen atoms in total. The maximum Gasteiger partial charge on any atom is 0.107 e. The van der Waals surface area contributed by atoms with Crippen molar-refractivity contribution in [3.8, 4) is 0 Å². The van der Waals surface area contributed by atoms with Gasteiger partial charge in [0.2, 0.25) is 0 Å². The first kappa shape index (κ1) is 12.5. The van der Waals surface area contributed by atoms with Crippen molar-refractivity contribution in [1.82, 2.24) is 5.32 Å². The Kier molecular flexibility index (Phi) is 4.44. The molecule has 1 N–H and O–H groups in total. The van der Waals surface area contributed by atoms with Crippen LogP contribution < -0.4 is 5.32 Å². The van der Waals surface area contributed by atoms with Gasteiger partial charge in [0.1, 0.15) is 4.34 Å². The van der Waals surface area contributed by atoms with Gasteiger partial charge in [0.25, 0.3) is 0 Å². The standard InChI is InChI=1S/C10H15BrClNS/c1-10(2,4-5-13-3)8-6-7(11)9(12)14-8/h6,13H,4-5H2,1-3H3. The van der Waals surface area contributed by atoms with E-state index in [9.17, 15) is 0 Å². The molecule has 4 heteroatoms. The molecule has 0 saturated heterocycles. The van der Waals surface area contributed by atoms with Gasteiger partial charge in [-0.05, 0) is 42.0 Å². The molecule has 0 atom stereocenters. The van der Waals surface area contributed by atoms with Crippen molar-refractivity contribution >= 4 is 38.9 Å². The molecule has 0 aliphatic rings. The molecule has 14 heavy (non-hydrogen) atoms. The van der Waals surface area contributed by atoms with E-state index in [1.54, 1.807) is 11.3 Å². The fraction of sp³-hybridized carbons (Fsp3) is 0.600. The summed E-state index contributed by atoms with van der Waals surface area (Å²) < 4.78 is 1.86. The molecule has 1 heterocycles. The number of hydrogen-bond acceptors (Lipinski definition) is 2. The van der Waals surface area contributed by atoms with Crippen molar-refractivity contribution in [3.63, 3.8) is 0 Å². The van der Waals surface area contributed by atoms with Crippen LogP contribution in [0.1, 0.15) is 25.1 Å². The second kappa shape index (κ2) is 4.97. The zero-order valence-corrected chi connectivity index (χ0v) is 11.8. The second-order valence-electron chi connectivity index (χ2n) is 3.97. The van der Waals surface area contributed by atoms with Crippen LogP contribution in [0.2, 0.25) is 4.34 Å². The highest BCUT2D eigenvalue weighted by Gasteiger charge is 2.23. The molecule has 0 bridgehead atoms. The summed E-state index contributed by atoms with van der Waals surface area (Å²) in [6, 6.07) is 2.13. The predicted octanol–water partition coefficient (Wildman–Crippen LogP) is 4.05. The van der Waals surface area contributed by atoms with Gasteiger partial charge in [-0.1, -0.05) is 25.4 Å². The summed E-state index contributed by atoms with van der Waals surface area (Å²) in [5.41, 5.74) is 0.198. The topological polar surface area (TPSA) is 12.0 Å². The normalized spacial score (nSPS) is 12.1. The second-order valence-corrected chi connectivity index (χ2v) is 6.48. The van der Waals surface area contributed by atoms with Gasteiger partial charge in [0, 0.05) is 14.8 Å². The van der Waals surface area contributed by atoms with E-state index in [2.05, 4.69) is 41.2 Å². The summed E-state index contributed by atoms with van der Waals surface area (Å²) in [6.45, 7) is 5.53. The number of rotatable bonds is 4. The summed E-state index contributed by atoms with van der Waals surface area (Å²) in [5.74, 6) is 0. The Morgan fingerprint density at radius 3 is 2.64 bits per heavy atom. The summed E-state index contributed by atoms with van der Waals surface area (Å²) >= 11 is 11.1. The largest absolute Gasteiger partial charge is 0.320 e. The van der Waals surface area contributed by atoms with Crippen molar-refractivity contribution in [1.29, 1.82) is 0 Å². The molecule has 0 saturated carbocycles. The quantitative estimate of drug-likeness (QED) is 0.884. The monoisotopic (exact) mass is 295 g/mol. The van der Waals surface area contributed by atoms with E-state index in [4.69, 9.17) is 11.6 Å². The highest BCUT2D eigenvalue weighted by molar-refractivity contribution is 9.10. The number of nitrogens with one attached hydrogen (secondary N) is 1. The number of halogens is 2. The summed E-state index contributed by atoms with van der Waals surface area (Å²) in [4.78, 5) is 1.34. The fourth-order valence-corrected chi connectivity index (χ4v) is 3.07. The zero-order chi connectivity index (χ0) is 10.8. The van der Waals surface area contributed by atoms with Gasteiger partial charge in [-0.25, -0.2) is 0 Å². The third kappa shape index (κ3) is 2.96. The van der Waals surface area contributed by atoms with Crippen molar-refractivity contribution in [2.45, 2.75) is 25.7 Å². The van der Waals surface area contributed by atoms with Crippen LogP contribution in [0.3, 0.4) is 0 Å². The summed E-state index contributed by atoms with van der Waals surface area (Å²) in [5, 5.41) is 3.17. The molecule has 0 radical (unpaired) electrons. The molecule has 0 unspecified atom stereocenters. The Hall–Kier alpha value is 0.430. The van der Waals surface area contributed by atoms with Gasteiger partial charge in [-0.15, -0.1) is 11.3 Å². The van der Waals surface area contributed by atoms with Gasteiger partial charge in [0.15, 0.2) is 0 Å². The van der Waals surface area contributed by atoms with Crippen molar-refractivity contribution in [3.05, 3.63) is 19.8 Å². The van der Waals surface area contributed by atoms with Crippen LogP contribution >= 0.6 is 38.9 Å². The van der Waals surface area contributed by atoms with Crippen LogP contribution in [0.15, 0.2) is 10.5 Å². The van der Waals surface area contributed by atoms with Gasteiger partial charge in [0.05, 0.1) is 0 Å². The first-order valence-electron chi connectivity index (χ1n) is 4.57. The van der Waals surface area contributed by atoms with E-state index in [1.807, 2.05) is 7.05 Å². The van der Waals surface area contributed by atoms with E-state index in [1.165, 1.54) is 4.88 Å².